The van der Waals surface area contributed by atoms with Gasteiger partial charge in [-0.1, -0.05) is 6.07 Å². The van der Waals surface area contributed by atoms with Crippen LogP contribution in [0.15, 0.2) is 18.2 Å². The van der Waals surface area contributed by atoms with Gasteiger partial charge in [0.05, 0.1) is 38.3 Å². The zero-order valence-electron chi connectivity index (χ0n) is 19.8. The highest BCUT2D eigenvalue weighted by molar-refractivity contribution is 7.88. The maximum absolute atomic E-state index is 14.1. The number of alkyl halides is 2. The van der Waals surface area contributed by atoms with Gasteiger partial charge in [0, 0.05) is 19.6 Å². The summed E-state index contributed by atoms with van der Waals surface area (Å²) < 4.78 is 66.0. The molecule has 2 saturated heterocycles. The number of nitrogens with one attached hydrogen (secondary N) is 1. The molecule has 4 heterocycles. The highest BCUT2D eigenvalue weighted by Gasteiger charge is 2.33. The van der Waals surface area contributed by atoms with Gasteiger partial charge in [0.15, 0.2) is 5.82 Å². The molecular weight excluding hydrogens is 498 g/mol. The van der Waals surface area contributed by atoms with Crippen molar-refractivity contribution in [3.05, 3.63) is 24.0 Å². The number of anilines is 2. The van der Waals surface area contributed by atoms with Crippen LogP contribution in [0.5, 0.6) is 5.75 Å². The first-order chi connectivity index (χ1) is 17.3. The van der Waals surface area contributed by atoms with Crippen LogP contribution in [0.1, 0.15) is 25.1 Å². The third kappa shape index (κ3) is 4.65. The summed E-state index contributed by atoms with van der Waals surface area (Å²) in [5.74, 6) is 0.0672. The van der Waals surface area contributed by atoms with Crippen molar-refractivity contribution in [3.8, 4) is 11.7 Å². The number of hydrogen-bond acceptors (Lipinski definition) is 10. The largest absolute Gasteiger partial charge is 0.494 e. The summed E-state index contributed by atoms with van der Waals surface area (Å²) in [5, 5.41) is 3.08. The summed E-state index contributed by atoms with van der Waals surface area (Å²) >= 11 is 0. The second-order valence-corrected chi connectivity index (χ2v) is 10.4. The van der Waals surface area contributed by atoms with Crippen LogP contribution in [-0.4, -0.2) is 89.6 Å². The van der Waals surface area contributed by atoms with Gasteiger partial charge in [-0.25, -0.2) is 22.2 Å². The molecule has 12 nitrogen and oxygen atoms in total. The predicted octanol–water partition coefficient (Wildman–Crippen LogP) is 1.79. The fourth-order valence-corrected chi connectivity index (χ4v) is 5.55. The van der Waals surface area contributed by atoms with Crippen molar-refractivity contribution in [3.63, 3.8) is 0 Å². The smallest absolute Gasteiger partial charge is 0.296 e. The van der Waals surface area contributed by atoms with E-state index in [0.717, 1.165) is 6.26 Å². The lowest BCUT2D eigenvalue weighted by Crippen LogP contribution is -2.40. The van der Waals surface area contributed by atoms with Crippen LogP contribution < -0.4 is 15.0 Å². The van der Waals surface area contributed by atoms with E-state index in [1.165, 1.54) is 16.0 Å². The Balaban J connectivity index is 1.65. The molecule has 2 aliphatic rings. The van der Waals surface area contributed by atoms with E-state index in [-0.39, 0.29) is 23.4 Å². The van der Waals surface area contributed by atoms with Crippen LogP contribution in [0.2, 0.25) is 0 Å². The molecule has 36 heavy (non-hydrogen) atoms. The Morgan fingerprint density at radius 1 is 1.11 bits per heavy atom. The van der Waals surface area contributed by atoms with E-state index < -0.39 is 28.4 Å². The molecular formula is C21H26F2N8O4S. The molecule has 0 radical (unpaired) electrons. The molecule has 2 aromatic heterocycles. The molecule has 0 amide bonds. The van der Waals surface area contributed by atoms with Crippen LogP contribution in [0.25, 0.3) is 17.0 Å². The monoisotopic (exact) mass is 524 g/mol. The molecule has 1 unspecified atom stereocenters. The molecule has 0 aliphatic carbocycles. The Morgan fingerprint density at radius 2 is 1.86 bits per heavy atom. The van der Waals surface area contributed by atoms with Gasteiger partial charge in [0.2, 0.25) is 27.9 Å². The van der Waals surface area contributed by atoms with Crippen LogP contribution in [0, 0.1) is 0 Å². The lowest BCUT2D eigenvalue weighted by atomic mass is 10.3. The maximum Gasteiger partial charge on any atom is 0.296 e. The summed E-state index contributed by atoms with van der Waals surface area (Å²) in [4.78, 5) is 19.4. The van der Waals surface area contributed by atoms with E-state index >= 15 is 0 Å². The summed E-state index contributed by atoms with van der Waals surface area (Å²) in [6.45, 7) is 2.29. The van der Waals surface area contributed by atoms with Crippen LogP contribution in [0.3, 0.4) is 0 Å². The highest BCUT2D eigenvalue weighted by atomic mass is 32.2. The van der Waals surface area contributed by atoms with Crippen molar-refractivity contribution in [1.82, 2.24) is 28.8 Å². The number of nitrogens with zero attached hydrogens (tertiary/aromatic N) is 7. The van der Waals surface area contributed by atoms with Gasteiger partial charge in [0.1, 0.15) is 11.3 Å². The number of morpholine rings is 1. The summed E-state index contributed by atoms with van der Waals surface area (Å²) in [7, 11) is -2.03. The van der Waals surface area contributed by atoms with Gasteiger partial charge in [-0.3, -0.25) is 4.57 Å². The highest BCUT2D eigenvalue weighted by Crippen LogP contribution is 2.32. The van der Waals surface area contributed by atoms with E-state index in [9.17, 15) is 17.2 Å². The molecule has 0 saturated carbocycles. The lowest BCUT2D eigenvalue weighted by molar-refractivity contribution is 0.122. The van der Waals surface area contributed by atoms with Gasteiger partial charge in [-0.2, -0.15) is 19.3 Å². The van der Waals surface area contributed by atoms with E-state index in [2.05, 4.69) is 25.3 Å². The van der Waals surface area contributed by atoms with Gasteiger partial charge in [0.25, 0.3) is 6.43 Å². The van der Waals surface area contributed by atoms with Crippen molar-refractivity contribution in [2.45, 2.75) is 25.4 Å². The number of rotatable bonds is 7. The fourth-order valence-electron chi connectivity index (χ4n) is 4.47. The van der Waals surface area contributed by atoms with Gasteiger partial charge >= 0.3 is 0 Å². The lowest BCUT2D eigenvalue weighted by Gasteiger charge is -2.28. The Labute approximate surface area is 206 Å². The standard InChI is InChI=1S/C21H26F2N8O4S/c1-34-14-6-3-5-13-16(14)25-18(17(22)23)31(13)21-27-19(24-15-7-4-8-30(15)36(2,32)33)26-20(28-21)29-9-11-35-12-10-29/h3,5-6,15,17H,4,7-12H2,1-2H3,(H,24,26,27,28). The summed E-state index contributed by atoms with van der Waals surface area (Å²) in [6, 6.07) is 4.93. The molecule has 1 atom stereocenters. The Bertz CT molecular complexity index is 1360. The van der Waals surface area contributed by atoms with E-state index in [1.807, 2.05) is 4.90 Å². The number of fused-ring (bicyclic) bond motifs is 1. The number of aromatic nitrogens is 5. The topological polar surface area (TPSA) is 128 Å². The zero-order chi connectivity index (χ0) is 25.4. The number of halogens is 2. The third-order valence-corrected chi connectivity index (χ3v) is 7.41. The molecule has 5 rings (SSSR count). The van der Waals surface area contributed by atoms with Gasteiger partial charge in [-0.15, -0.1) is 0 Å². The molecule has 0 spiro atoms. The number of sulfonamides is 1. The molecule has 2 fully saturated rings. The van der Waals surface area contributed by atoms with E-state index in [0.29, 0.717) is 57.0 Å². The van der Waals surface area contributed by atoms with Crippen LogP contribution in [-0.2, 0) is 14.8 Å². The molecule has 194 valence electrons. The fraction of sp³-hybridized carbons (Fsp3) is 0.524. The van der Waals surface area contributed by atoms with Crippen molar-refractivity contribution in [2.24, 2.45) is 0 Å². The molecule has 1 aromatic carbocycles. The minimum atomic E-state index is -3.47. The maximum atomic E-state index is 14.1. The first-order valence-corrected chi connectivity index (χ1v) is 13.3. The van der Waals surface area contributed by atoms with Crippen LogP contribution >= 0.6 is 0 Å². The number of ether oxygens (including phenoxy) is 2. The average molecular weight is 525 g/mol. The first-order valence-electron chi connectivity index (χ1n) is 11.4. The minimum Gasteiger partial charge on any atom is -0.494 e. The molecule has 15 heteroatoms. The second-order valence-electron chi connectivity index (χ2n) is 8.47. The van der Waals surface area contributed by atoms with E-state index in [4.69, 9.17) is 9.47 Å². The number of methoxy groups -OCH3 is 1. The molecule has 0 bridgehead atoms. The summed E-state index contributed by atoms with van der Waals surface area (Å²) in [5.41, 5.74) is 0.588. The predicted molar refractivity (Wildman–Crippen MR) is 127 cm³/mol. The van der Waals surface area contributed by atoms with Crippen molar-refractivity contribution in [2.75, 3.05) is 56.4 Å². The van der Waals surface area contributed by atoms with Crippen molar-refractivity contribution >= 4 is 33.0 Å². The van der Waals surface area contributed by atoms with Gasteiger partial charge in [-0.05, 0) is 25.0 Å². The molecule has 3 aromatic rings. The van der Waals surface area contributed by atoms with Crippen molar-refractivity contribution < 1.29 is 26.7 Å². The minimum absolute atomic E-state index is 0.0658. The van der Waals surface area contributed by atoms with E-state index in [1.54, 1.807) is 18.2 Å². The number of hydrogen-bond donors (Lipinski definition) is 1. The molecule has 1 N–H and O–H groups in total. The Kier molecular flexibility index (Phi) is 6.61. The first kappa shape index (κ1) is 24.5. The number of imidazole rings is 1. The van der Waals surface area contributed by atoms with Crippen LogP contribution in [0.4, 0.5) is 20.7 Å². The SMILES string of the molecule is COc1cccc2c1nc(C(F)F)n2-c1nc(NC2CCCN2S(C)(=O)=O)nc(N2CCOCC2)n1. The van der Waals surface area contributed by atoms with Crippen molar-refractivity contribution in [1.29, 1.82) is 0 Å². The number of benzene rings is 1. The normalized spacial score (nSPS) is 19.4. The van der Waals surface area contributed by atoms with Gasteiger partial charge < -0.3 is 19.7 Å². The quantitative estimate of drug-likeness (QED) is 0.489. The summed E-state index contributed by atoms with van der Waals surface area (Å²) in [6.07, 6.45) is -1.13. The average Bonchev–Trinajstić information content (AvgIpc) is 3.49. The molecule has 2 aliphatic heterocycles. The Morgan fingerprint density at radius 3 is 2.56 bits per heavy atom. The zero-order valence-corrected chi connectivity index (χ0v) is 20.6. The number of para-hydroxylation sites is 1. The second kappa shape index (κ2) is 9.71. The Hall–Kier alpha value is -3.17. The third-order valence-electron chi connectivity index (χ3n) is 6.12.